The normalized spacial score (nSPS) is 18.9. The van der Waals surface area contributed by atoms with E-state index >= 15 is 0 Å². The van der Waals surface area contributed by atoms with Crippen LogP contribution in [0.15, 0.2) is 24.3 Å². The molecule has 1 heterocycles. The van der Waals surface area contributed by atoms with Crippen LogP contribution in [0.3, 0.4) is 0 Å². The summed E-state index contributed by atoms with van der Waals surface area (Å²) in [5, 5.41) is 0. The number of nitrogens with zero attached hydrogens (tertiary/aromatic N) is 1. The zero-order valence-electron chi connectivity index (χ0n) is 10.8. The minimum Gasteiger partial charge on any atom is -0.381 e. The highest BCUT2D eigenvalue weighted by Gasteiger charge is 2.26. The Kier molecular flexibility index (Phi) is 4.33. The van der Waals surface area contributed by atoms with Gasteiger partial charge in [-0.15, -0.1) is 0 Å². The first-order chi connectivity index (χ1) is 8.72. The fraction of sp³-hybridized carbons (Fsp3) is 0.500. The Bertz CT molecular complexity index is 414. The fourth-order valence-electron chi connectivity index (χ4n) is 2.29. The Balaban J connectivity index is 2.01. The molecule has 0 bridgehead atoms. The monoisotopic (exact) mass is 248 g/mol. The maximum atomic E-state index is 12.2. The van der Waals surface area contributed by atoms with Crippen molar-refractivity contribution in [2.24, 2.45) is 11.7 Å². The summed E-state index contributed by atoms with van der Waals surface area (Å²) in [5.41, 5.74) is 7.92. The zero-order valence-corrected chi connectivity index (χ0v) is 10.8. The SMILES string of the molecule is CN(Cc1ccccc1CN)C(=O)C1CCOC1. The molecule has 1 aliphatic rings. The summed E-state index contributed by atoms with van der Waals surface area (Å²) < 4.78 is 5.26. The van der Waals surface area contributed by atoms with Gasteiger partial charge < -0.3 is 15.4 Å². The van der Waals surface area contributed by atoms with E-state index in [-0.39, 0.29) is 11.8 Å². The molecule has 0 aromatic heterocycles. The van der Waals surface area contributed by atoms with E-state index in [0.717, 1.165) is 17.5 Å². The largest absolute Gasteiger partial charge is 0.381 e. The van der Waals surface area contributed by atoms with E-state index < -0.39 is 0 Å². The average Bonchev–Trinajstić information content (AvgIpc) is 2.92. The van der Waals surface area contributed by atoms with Gasteiger partial charge in [-0.05, 0) is 17.5 Å². The van der Waals surface area contributed by atoms with Crippen molar-refractivity contribution in [2.45, 2.75) is 19.5 Å². The van der Waals surface area contributed by atoms with Gasteiger partial charge >= 0.3 is 0 Å². The smallest absolute Gasteiger partial charge is 0.228 e. The predicted octanol–water partition coefficient (Wildman–Crippen LogP) is 1.14. The van der Waals surface area contributed by atoms with Gasteiger partial charge in [0.25, 0.3) is 0 Å². The number of carbonyl (C=O) groups excluding carboxylic acids is 1. The molecular formula is C14H20N2O2. The number of nitrogens with two attached hydrogens (primary N) is 1. The quantitative estimate of drug-likeness (QED) is 0.869. The second-order valence-corrected chi connectivity index (χ2v) is 4.73. The third kappa shape index (κ3) is 2.89. The number of hydrogen-bond acceptors (Lipinski definition) is 3. The van der Waals surface area contributed by atoms with Gasteiger partial charge in [-0.2, -0.15) is 0 Å². The van der Waals surface area contributed by atoms with Crippen molar-refractivity contribution in [3.63, 3.8) is 0 Å². The molecule has 1 atom stereocenters. The summed E-state index contributed by atoms with van der Waals surface area (Å²) in [6.45, 7) is 2.37. The first-order valence-corrected chi connectivity index (χ1v) is 6.32. The molecule has 2 rings (SSSR count). The number of benzene rings is 1. The van der Waals surface area contributed by atoms with Crippen molar-refractivity contribution in [3.05, 3.63) is 35.4 Å². The Hall–Kier alpha value is -1.39. The Morgan fingerprint density at radius 3 is 2.78 bits per heavy atom. The van der Waals surface area contributed by atoms with Crippen LogP contribution >= 0.6 is 0 Å². The summed E-state index contributed by atoms with van der Waals surface area (Å²) in [4.78, 5) is 13.9. The van der Waals surface area contributed by atoms with Crippen LogP contribution in [0.5, 0.6) is 0 Å². The van der Waals surface area contributed by atoms with Crippen molar-refractivity contribution in [1.29, 1.82) is 0 Å². The lowest BCUT2D eigenvalue weighted by Crippen LogP contribution is -2.33. The maximum absolute atomic E-state index is 12.2. The van der Waals surface area contributed by atoms with E-state index in [4.69, 9.17) is 10.5 Å². The minimum atomic E-state index is 0.0278. The third-order valence-electron chi connectivity index (χ3n) is 3.40. The van der Waals surface area contributed by atoms with Gasteiger partial charge in [-0.1, -0.05) is 24.3 Å². The lowest BCUT2D eigenvalue weighted by molar-refractivity contribution is -0.134. The zero-order chi connectivity index (χ0) is 13.0. The standard InChI is InChI=1S/C14H20N2O2/c1-16(14(17)13-6-7-18-10-13)9-12-5-3-2-4-11(12)8-15/h2-5,13H,6-10,15H2,1H3. The predicted molar refractivity (Wildman–Crippen MR) is 69.7 cm³/mol. The molecule has 2 N–H and O–H groups in total. The summed E-state index contributed by atoms with van der Waals surface area (Å²) in [6, 6.07) is 7.98. The first-order valence-electron chi connectivity index (χ1n) is 6.32. The average molecular weight is 248 g/mol. The van der Waals surface area contributed by atoms with Crippen LogP contribution in [0.25, 0.3) is 0 Å². The minimum absolute atomic E-state index is 0.0278. The van der Waals surface area contributed by atoms with Gasteiger partial charge in [-0.25, -0.2) is 0 Å². The van der Waals surface area contributed by atoms with Gasteiger partial charge in [0.15, 0.2) is 0 Å². The van der Waals surface area contributed by atoms with E-state index in [1.807, 2.05) is 31.3 Å². The van der Waals surface area contributed by atoms with Crippen molar-refractivity contribution < 1.29 is 9.53 Å². The molecule has 1 aromatic rings. The van der Waals surface area contributed by atoms with Crippen molar-refractivity contribution in [3.8, 4) is 0 Å². The number of hydrogen-bond donors (Lipinski definition) is 1. The maximum Gasteiger partial charge on any atom is 0.228 e. The highest BCUT2D eigenvalue weighted by atomic mass is 16.5. The molecule has 0 radical (unpaired) electrons. The van der Waals surface area contributed by atoms with Gasteiger partial charge in [0.2, 0.25) is 5.91 Å². The number of rotatable bonds is 4. The van der Waals surface area contributed by atoms with Gasteiger partial charge in [0.1, 0.15) is 0 Å². The number of carbonyl (C=O) groups is 1. The molecular weight excluding hydrogens is 228 g/mol. The molecule has 0 saturated carbocycles. The van der Waals surface area contributed by atoms with Gasteiger partial charge in [0.05, 0.1) is 12.5 Å². The molecule has 1 saturated heterocycles. The summed E-state index contributed by atoms with van der Waals surface area (Å²) in [6.07, 6.45) is 0.835. The molecule has 1 aliphatic heterocycles. The highest BCUT2D eigenvalue weighted by Crippen LogP contribution is 2.17. The first kappa shape index (κ1) is 13.1. The summed E-state index contributed by atoms with van der Waals surface area (Å²) in [7, 11) is 1.84. The van der Waals surface area contributed by atoms with E-state index in [2.05, 4.69) is 0 Å². The summed E-state index contributed by atoms with van der Waals surface area (Å²) >= 11 is 0. The molecule has 0 aliphatic carbocycles. The van der Waals surface area contributed by atoms with E-state index in [9.17, 15) is 4.79 Å². The molecule has 98 valence electrons. The second-order valence-electron chi connectivity index (χ2n) is 4.73. The molecule has 4 nitrogen and oxygen atoms in total. The van der Waals surface area contributed by atoms with Gasteiger partial charge in [-0.3, -0.25) is 4.79 Å². The van der Waals surface area contributed by atoms with Crippen LogP contribution in [0.2, 0.25) is 0 Å². The molecule has 1 amide bonds. The van der Waals surface area contributed by atoms with Crippen LogP contribution in [0, 0.1) is 5.92 Å². The Labute approximate surface area is 108 Å². The topological polar surface area (TPSA) is 55.6 Å². The van der Waals surface area contributed by atoms with Crippen LogP contribution in [-0.2, 0) is 22.6 Å². The second kappa shape index (κ2) is 5.98. The molecule has 1 unspecified atom stereocenters. The number of ether oxygens (including phenoxy) is 1. The van der Waals surface area contributed by atoms with Crippen molar-refractivity contribution in [2.75, 3.05) is 20.3 Å². The third-order valence-corrected chi connectivity index (χ3v) is 3.40. The van der Waals surface area contributed by atoms with Crippen molar-refractivity contribution in [1.82, 2.24) is 4.90 Å². The Morgan fingerprint density at radius 2 is 2.17 bits per heavy atom. The van der Waals surface area contributed by atoms with Crippen molar-refractivity contribution >= 4 is 5.91 Å². The van der Waals surface area contributed by atoms with E-state index in [0.29, 0.717) is 26.3 Å². The fourth-order valence-corrected chi connectivity index (χ4v) is 2.29. The number of amides is 1. The van der Waals surface area contributed by atoms with E-state index in [1.165, 1.54) is 0 Å². The summed E-state index contributed by atoms with van der Waals surface area (Å²) in [5.74, 6) is 0.194. The molecule has 18 heavy (non-hydrogen) atoms. The molecule has 1 aromatic carbocycles. The lowest BCUT2D eigenvalue weighted by Gasteiger charge is -2.21. The molecule has 1 fully saturated rings. The van der Waals surface area contributed by atoms with Crippen LogP contribution < -0.4 is 5.73 Å². The van der Waals surface area contributed by atoms with Crippen LogP contribution in [0.4, 0.5) is 0 Å². The molecule has 0 spiro atoms. The van der Waals surface area contributed by atoms with Crippen LogP contribution in [0.1, 0.15) is 17.5 Å². The Morgan fingerprint density at radius 1 is 1.44 bits per heavy atom. The van der Waals surface area contributed by atoms with Gasteiger partial charge in [0, 0.05) is 26.7 Å². The van der Waals surface area contributed by atoms with E-state index in [1.54, 1.807) is 4.90 Å². The highest BCUT2D eigenvalue weighted by molar-refractivity contribution is 5.79. The molecule has 4 heteroatoms. The lowest BCUT2D eigenvalue weighted by atomic mass is 10.0. The van der Waals surface area contributed by atoms with Crippen LogP contribution in [-0.4, -0.2) is 31.1 Å².